The highest BCUT2D eigenvalue weighted by atomic mass is 35.5. The number of ketones is 1. The maximum atomic E-state index is 12.5. The minimum Gasteiger partial charge on any atom is -0.292 e. The smallest absolute Gasteiger partial charge is 0.292 e. The van der Waals surface area contributed by atoms with Gasteiger partial charge >= 0.3 is 6.18 Å². The summed E-state index contributed by atoms with van der Waals surface area (Å²) in [4.78, 5) is 12.1. The number of hydrogen-bond donors (Lipinski definition) is 0. The van der Waals surface area contributed by atoms with Gasteiger partial charge in [-0.3, -0.25) is 9.48 Å². The number of halogens is 4. The van der Waals surface area contributed by atoms with Gasteiger partial charge in [-0.15, -0.1) is 0 Å². The Kier molecular flexibility index (Phi) is 3.85. The minimum absolute atomic E-state index is 0.335. The summed E-state index contributed by atoms with van der Waals surface area (Å²) in [6.07, 6.45) is -3.38. The molecule has 0 N–H and O–H groups in total. The van der Waals surface area contributed by atoms with Crippen LogP contribution in [0.2, 0.25) is 5.02 Å². The van der Waals surface area contributed by atoms with Crippen LogP contribution in [0, 0.1) is 0 Å². The molecular formula is C13H10ClF3N2O. The van der Waals surface area contributed by atoms with E-state index in [0.717, 1.165) is 16.9 Å². The fraction of sp³-hybridized carbons (Fsp3) is 0.231. The summed E-state index contributed by atoms with van der Waals surface area (Å²) >= 11 is 5.71. The number of hydrogen-bond acceptors (Lipinski definition) is 2. The zero-order chi connectivity index (χ0) is 14.9. The number of Topliss-reactive ketones (excluding diaryl/α,β-unsaturated/α-hetero) is 1. The van der Waals surface area contributed by atoms with E-state index in [4.69, 9.17) is 11.6 Å². The van der Waals surface area contributed by atoms with Gasteiger partial charge in [0.15, 0.2) is 11.5 Å². The highest BCUT2D eigenvalue weighted by molar-refractivity contribution is 6.30. The van der Waals surface area contributed by atoms with Gasteiger partial charge in [0, 0.05) is 16.8 Å². The van der Waals surface area contributed by atoms with Crippen molar-refractivity contribution in [2.24, 2.45) is 0 Å². The van der Waals surface area contributed by atoms with Crippen LogP contribution in [0.15, 0.2) is 36.5 Å². The van der Waals surface area contributed by atoms with Gasteiger partial charge in [0.2, 0.25) is 0 Å². The molecule has 106 valence electrons. The Labute approximate surface area is 118 Å². The first-order valence-electron chi connectivity index (χ1n) is 5.71. The number of benzene rings is 1. The number of carbonyl (C=O) groups is 1. The molecule has 0 aliphatic carbocycles. The van der Waals surface area contributed by atoms with E-state index in [9.17, 15) is 18.0 Å². The molecule has 2 rings (SSSR count). The van der Waals surface area contributed by atoms with Gasteiger partial charge in [0.25, 0.3) is 0 Å². The Bertz CT molecular complexity index is 619. The fourth-order valence-electron chi connectivity index (χ4n) is 1.68. The van der Waals surface area contributed by atoms with Crippen LogP contribution in [0.4, 0.5) is 13.2 Å². The lowest BCUT2D eigenvalue weighted by Crippen LogP contribution is -2.18. The Balaban J connectivity index is 2.22. The van der Waals surface area contributed by atoms with Crippen LogP contribution in [-0.4, -0.2) is 15.6 Å². The first-order chi connectivity index (χ1) is 9.29. The second-order valence-corrected chi connectivity index (χ2v) is 4.66. The molecule has 1 atom stereocenters. The Morgan fingerprint density at radius 2 is 1.85 bits per heavy atom. The van der Waals surface area contributed by atoms with Crippen LogP contribution in [-0.2, 0) is 6.18 Å². The average molecular weight is 303 g/mol. The summed E-state index contributed by atoms with van der Waals surface area (Å²) in [6.45, 7) is 1.49. The van der Waals surface area contributed by atoms with Crippen molar-refractivity contribution >= 4 is 17.4 Å². The molecule has 0 aliphatic heterocycles. The summed E-state index contributed by atoms with van der Waals surface area (Å²) < 4.78 is 38.4. The highest BCUT2D eigenvalue weighted by Gasteiger charge is 2.34. The van der Waals surface area contributed by atoms with E-state index in [1.807, 2.05) is 0 Å². The molecule has 0 saturated heterocycles. The topological polar surface area (TPSA) is 34.9 Å². The first-order valence-corrected chi connectivity index (χ1v) is 6.09. The van der Waals surface area contributed by atoms with E-state index in [0.29, 0.717) is 10.6 Å². The molecule has 0 aliphatic rings. The molecule has 0 bridgehead atoms. The van der Waals surface area contributed by atoms with Gasteiger partial charge in [0.05, 0.1) is 0 Å². The van der Waals surface area contributed by atoms with Gasteiger partial charge in [-0.2, -0.15) is 18.3 Å². The van der Waals surface area contributed by atoms with Crippen molar-refractivity contribution in [3.05, 3.63) is 52.8 Å². The average Bonchev–Trinajstić information content (AvgIpc) is 2.87. The summed E-state index contributed by atoms with van der Waals surface area (Å²) in [5, 5.41) is 3.87. The lowest BCUT2D eigenvalue weighted by molar-refractivity contribution is -0.141. The van der Waals surface area contributed by atoms with Crippen molar-refractivity contribution in [1.82, 2.24) is 9.78 Å². The first kappa shape index (κ1) is 14.6. The molecule has 0 fully saturated rings. The van der Waals surface area contributed by atoms with E-state index in [-0.39, 0.29) is 5.78 Å². The lowest BCUT2D eigenvalue weighted by atomic mass is 10.1. The van der Waals surface area contributed by atoms with Crippen molar-refractivity contribution < 1.29 is 18.0 Å². The van der Waals surface area contributed by atoms with Crippen molar-refractivity contribution in [3.63, 3.8) is 0 Å². The molecule has 0 saturated carbocycles. The molecule has 3 nitrogen and oxygen atoms in total. The van der Waals surface area contributed by atoms with E-state index in [1.54, 1.807) is 12.1 Å². The number of rotatable bonds is 3. The third-order valence-corrected chi connectivity index (χ3v) is 3.06. The quantitative estimate of drug-likeness (QED) is 0.803. The van der Waals surface area contributed by atoms with Crippen molar-refractivity contribution in [2.45, 2.75) is 19.1 Å². The van der Waals surface area contributed by atoms with E-state index < -0.39 is 17.9 Å². The zero-order valence-electron chi connectivity index (χ0n) is 10.4. The number of carbonyl (C=O) groups excluding carboxylic acids is 1. The van der Waals surface area contributed by atoms with Crippen LogP contribution >= 0.6 is 11.6 Å². The normalized spacial score (nSPS) is 13.2. The zero-order valence-corrected chi connectivity index (χ0v) is 11.1. The molecule has 1 heterocycles. The minimum atomic E-state index is -4.52. The van der Waals surface area contributed by atoms with Crippen LogP contribution in [0.5, 0.6) is 0 Å². The van der Waals surface area contributed by atoms with Crippen LogP contribution in [0.25, 0.3) is 0 Å². The number of nitrogens with zero attached hydrogens (tertiary/aromatic N) is 2. The van der Waals surface area contributed by atoms with Crippen molar-refractivity contribution in [1.29, 1.82) is 0 Å². The molecule has 7 heteroatoms. The van der Waals surface area contributed by atoms with Gasteiger partial charge in [0.1, 0.15) is 6.04 Å². The molecule has 20 heavy (non-hydrogen) atoms. The third-order valence-electron chi connectivity index (χ3n) is 2.80. The van der Waals surface area contributed by atoms with Crippen LogP contribution in [0.1, 0.15) is 29.0 Å². The SMILES string of the molecule is CC(C(=O)c1ccc(Cl)cc1)n1ccc(C(F)(F)F)n1. The van der Waals surface area contributed by atoms with E-state index >= 15 is 0 Å². The van der Waals surface area contributed by atoms with E-state index in [2.05, 4.69) is 5.10 Å². The summed E-state index contributed by atoms with van der Waals surface area (Å²) in [6, 6.07) is 6.15. The second kappa shape index (κ2) is 5.28. The van der Waals surface area contributed by atoms with Crippen LogP contribution < -0.4 is 0 Å². The Morgan fingerprint density at radius 3 is 2.35 bits per heavy atom. The van der Waals surface area contributed by atoms with Crippen LogP contribution in [0.3, 0.4) is 0 Å². The van der Waals surface area contributed by atoms with Crippen molar-refractivity contribution in [3.8, 4) is 0 Å². The Hall–Kier alpha value is -1.82. The monoisotopic (exact) mass is 302 g/mol. The molecule has 0 amide bonds. The lowest BCUT2D eigenvalue weighted by Gasteiger charge is -2.11. The fourth-order valence-corrected chi connectivity index (χ4v) is 1.81. The molecule has 1 aromatic heterocycles. The third kappa shape index (κ3) is 3.01. The molecule has 1 unspecified atom stereocenters. The molecular weight excluding hydrogens is 293 g/mol. The second-order valence-electron chi connectivity index (χ2n) is 4.23. The number of alkyl halides is 3. The largest absolute Gasteiger partial charge is 0.435 e. The molecule has 0 radical (unpaired) electrons. The van der Waals surface area contributed by atoms with Gasteiger partial charge < -0.3 is 0 Å². The maximum absolute atomic E-state index is 12.5. The van der Waals surface area contributed by atoms with E-state index in [1.165, 1.54) is 19.1 Å². The molecule has 2 aromatic rings. The summed E-state index contributed by atoms with van der Waals surface area (Å²) in [5.41, 5.74) is -0.654. The van der Waals surface area contributed by atoms with Gasteiger partial charge in [-0.1, -0.05) is 11.6 Å². The van der Waals surface area contributed by atoms with Gasteiger partial charge in [-0.25, -0.2) is 0 Å². The summed E-state index contributed by atoms with van der Waals surface area (Å²) in [5.74, 6) is -0.335. The van der Waals surface area contributed by atoms with Gasteiger partial charge in [-0.05, 0) is 37.3 Å². The molecule has 0 spiro atoms. The number of aromatic nitrogens is 2. The van der Waals surface area contributed by atoms with Crippen molar-refractivity contribution in [2.75, 3.05) is 0 Å². The Morgan fingerprint density at radius 1 is 1.25 bits per heavy atom. The maximum Gasteiger partial charge on any atom is 0.435 e. The summed E-state index contributed by atoms with van der Waals surface area (Å²) in [7, 11) is 0. The highest BCUT2D eigenvalue weighted by Crippen LogP contribution is 2.28. The predicted molar refractivity (Wildman–Crippen MR) is 67.7 cm³/mol. The molecule has 1 aromatic carbocycles. The standard InChI is InChI=1S/C13H10ClF3N2O/c1-8(12(20)9-2-4-10(14)5-3-9)19-7-6-11(18-19)13(15,16)17/h2-8H,1H3. The predicted octanol–water partition coefficient (Wildman–Crippen LogP) is 4.00.